The molecule has 3 N–H and O–H groups in total. The Balaban J connectivity index is 1.13. The fourth-order valence-electron chi connectivity index (χ4n) is 4.94. The number of anilines is 1. The van der Waals surface area contributed by atoms with Gasteiger partial charge in [-0.2, -0.15) is 0 Å². The number of carbonyl (C=O) groups excluding carboxylic acids is 2. The fourth-order valence-corrected chi connectivity index (χ4v) is 4.94. The molecule has 1 aromatic heterocycles. The molecule has 1 heterocycles. The van der Waals surface area contributed by atoms with Crippen LogP contribution in [0.25, 0.3) is 0 Å². The Morgan fingerprint density at radius 2 is 1.52 bits per heavy atom. The van der Waals surface area contributed by atoms with Crippen LogP contribution in [0.15, 0.2) is 97.2 Å². The van der Waals surface area contributed by atoms with Gasteiger partial charge in [-0.3, -0.25) is 9.59 Å². The number of carbonyl (C=O) groups is 3. The molecule has 1 aliphatic rings. The van der Waals surface area contributed by atoms with Crippen molar-refractivity contribution < 1.29 is 29.0 Å². The van der Waals surface area contributed by atoms with Gasteiger partial charge in [-0.25, -0.2) is 9.78 Å². The smallest absolute Gasteiger partial charge is 0.337 e. The Kier molecular flexibility index (Phi) is 8.77. The lowest BCUT2D eigenvalue weighted by atomic mass is 9.98. The van der Waals surface area contributed by atoms with E-state index in [9.17, 15) is 19.5 Å². The summed E-state index contributed by atoms with van der Waals surface area (Å²) in [6.07, 6.45) is 5.39. The maximum absolute atomic E-state index is 12.8. The summed E-state index contributed by atoms with van der Waals surface area (Å²) in [5.74, 6) is 0.0394. The first-order valence-electron chi connectivity index (χ1n) is 13.7. The van der Waals surface area contributed by atoms with Crippen LogP contribution >= 0.6 is 0 Å². The van der Waals surface area contributed by atoms with E-state index < -0.39 is 11.5 Å². The lowest BCUT2D eigenvalue weighted by Gasteiger charge is -2.30. The third kappa shape index (κ3) is 7.31. The van der Waals surface area contributed by atoms with E-state index in [-0.39, 0.29) is 29.5 Å². The van der Waals surface area contributed by atoms with Gasteiger partial charge in [-0.1, -0.05) is 49.2 Å². The Labute approximate surface area is 243 Å². The summed E-state index contributed by atoms with van der Waals surface area (Å²) in [7, 11) is 0. The van der Waals surface area contributed by atoms with E-state index >= 15 is 0 Å². The van der Waals surface area contributed by atoms with Gasteiger partial charge >= 0.3 is 5.97 Å². The van der Waals surface area contributed by atoms with Gasteiger partial charge in [0.2, 0.25) is 11.8 Å². The number of rotatable bonds is 11. The van der Waals surface area contributed by atoms with E-state index in [0.29, 0.717) is 35.1 Å². The van der Waals surface area contributed by atoms with Crippen molar-refractivity contribution in [1.29, 1.82) is 0 Å². The average molecular weight is 566 g/mol. The van der Waals surface area contributed by atoms with E-state index in [4.69, 9.17) is 9.47 Å². The topological polar surface area (TPSA) is 127 Å². The maximum Gasteiger partial charge on any atom is 0.337 e. The van der Waals surface area contributed by atoms with Crippen molar-refractivity contribution in [2.24, 2.45) is 0 Å². The Hall–Kier alpha value is -5.18. The second-order valence-corrected chi connectivity index (χ2v) is 10.3. The highest BCUT2D eigenvalue weighted by atomic mass is 16.5. The number of carboxylic acids is 1. The molecule has 9 nitrogen and oxygen atoms in total. The van der Waals surface area contributed by atoms with Crippen molar-refractivity contribution in [1.82, 2.24) is 10.3 Å². The largest absolute Gasteiger partial charge is 0.491 e. The van der Waals surface area contributed by atoms with E-state index in [1.54, 1.807) is 60.8 Å². The SMILES string of the molecule is O=C(Cc1ccc(Oc2ccc(OCC3(NC(=O)c4ccccc4)CCCC3)cc2)nc1)Nc1ccccc1C(=O)O. The molecule has 3 aromatic carbocycles. The van der Waals surface area contributed by atoms with Crippen molar-refractivity contribution in [3.8, 4) is 17.4 Å². The predicted molar refractivity (Wildman–Crippen MR) is 157 cm³/mol. The second-order valence-electron chi connectivity index (χ2n) is 10.3. The number of nitrogens with one attached hydrogen (secondary N) is 2. The summed E-state index contributed by atoms with van der Waals surface area (Å²) < 4.78 is 11.9. The number of hydrogen-bond acceptors (Lipinski definition) is 6. The van der Waals surface area contributed by atoms with Crippen LogP contribution in [0.3, 0.4) is 0 Å². The number of hydrogen-bond donors (Lipinski definition) is 3. The fraction of sp³-hybridized carbons (Fsp3) is 0.212. The number of aromatic carboxylic acids is 1. The van der Waals surface area contributed by atoms with Crippen LogP contribution in [0, 0.1) is 0 Å². The van der Waals surface area contributed by atoms with Crippen molar-refractivity contribution in [3.63, 3.8) is 0 Å². The zero-order valence-corrected chi connectivity index (χ0v) is 22.9. The van der Waals surface area contributed by atoms with Gasteiger partial charge in [0.1, 0.15) is 18.1 Å². The number of para-hydroxylation sites is 1. The quantitative estimate of drug-likeness (QED) is 0.207. The number of pyridine rings is 1. The van der Waals surface area contributed by atoms with E-state index in [0.717, 1.165) is 25.7 Å². The van der Waals surface area contributed by atoms with Gasteiger partial charge in [0.05, 0.1) is 23.2 Å². The highest BCUT2D eigenvalue weighted by molar-refractivity contribution is 6.01. The third-order valence-electron chi connectivity index (χ3n) is 7.13. The van der Waals surface area contributed by atoms with Crippen molar-refractivity contribution in [2.75, 3.05) is 11.9 Å². The molecule has 0 aliphatic heterocycles. The molecule has 214 valence electrons. The molecule has 4 aromatic rings. The summed E-state index contributed by atoms with van der Waals surface area (Å²) in [6, 6.07) is 26.0. The highest BCUT2D eigenvalue weighted by Crippen LogP contribution is 2.31. The number of nitrogens with zero attached hydrogens (tertiary/aromatic N) is 1. The standard InChI is InChI=1S/C33H31N3O6/c37-29(35-28-11-5-4-10-27(28)32(39)40)20-23-12-17-30(34-21-23)42-26-15-13-25(14-16-26)41-22-33(18-6-7-19-33)36-31(38)24-8-2-1-3-9-24/h1-5,8-17,21H,6-7,18-20,22H2,(H,35,37)(H,36,38)(H,39,40). The third-order valence-corrected chi connectivity index (χ3v) is 7.13. The van der Waals surface area contributed by atoms with E-state index in [1.807, 2.05) is 30.3 Å². The van der Waals surface area contributed by atoms with Gasteiger partial charge < -0.3 is 25.2 Å². The van der Waals surface area contributed by atoms with Gasteiger partial charge in [0, 0.05) is 17.8 Å². The molecule has 0 radical (unpaired) electrons. The van der Waals surface area contributed by atoms with Gasteiger partial charge in [-0.05, 0) is 66.9 Å². The van der Waals surface area contributed by atoms with Gasteiger partial charge in [0.25, 0.3) is 5.91 Å². The Bertz CT molecular complexity index is 1530. The summed E-state index contributed by atoms with van der Waals surface area (Å²) in [5, 5.41) is 15.1. The molecule has 0 atom stereocenters. The molecule has 1 aliphatic carbocycles. The molecular weight excluding hydrogens is 534 g/mol. The first kappa shape index (κ1) is 28.4. The average Bonchev–Trinajstić information content (AvgIpc) is 3.47. The molecule has 0 bridgehead atoms. The van der Waals surface area contributed by atoms with Gasteiger partial charge in [0.15, 0.2) is 0 Å². The van der Waals surface area contributed by atoms with Crippen LogP contribution in [0.4, 0.5) is 5.69 Å². The van der Waals surface area contributed by atoms with Crippen LogP contribution < -0.4 is 20.1 Å². The molecule has 5 rings (SSSR count). The number of aromatic nitrogens is 1. The van der Waals surface area contributed by atoms with Crippen molar-refractivity contribution in [2.45, 2.75) is 37.6 Å². The van der Waals surface area contributed by atoms with Gasteiger partial charge in [-0.15, -0.1) is 0 Å². The Morgan fingerprint density at radius 3 is 2.21 bits per heavy atom. The Morgan fingerprint density at radius 1 is 0.833 bits per heavy atom. The minimum atomic E-state index is -1.11. The van der Waals surface area contributed by atoms with Crippen LogP contribution in [0.5, 0.6) is 17.4 Å². The molecule has 1 fully saturated rings. The minimum Gasteiger partial charge on any atom is -0.491 e. The predicted octanol–water partition coefficient (Wildman–Crippen LogP) is 5.87. The number of ether oxygens (including phenoxy) is 2. The highest BCUT2D eigenvalue weighted by Gasteiger charge is 2.36. The maximum atomic E-state index is 12.8. The zero-order valence-electron chi connectivity index (χ0n) is 22.9. The number of carboxylic acid groups (broad SMARTS) is 1. The van der Waals surface area contributed by atoms with E-state index in [1.165, 1.54) is 6.07 Å². The summed E-state index contributed by atoms with van der Waals surface area (Å²) >= 11 is 0. The minimum absolute atomic E-state index is 0.0250. The molecule has 2 amide bonds. The molecular formula is C33H31N3O6. The monoisotopic (exact) mass is 565 g/mol. The molecule has 9 heteroatoms. The summed E-state index contributed by atoms with van der Waals surface area (Å²) in [5.41, 5.74) is 1.15. The van der Waals surface area contributed by atoms with E-state index in [2.05, 4.69) is 15.6 Å². The second kappa shape index (κ2) is 13.0. The molecule has 42 heavy (non-hydrogen) atoms. The normalized spacial score (nSPS) is 13.6. The molecule has 0 unspecified atom stereocenters. The molecule has 0 saturated heterocycles. The number of benzene rings is 3. The molecule has 0 spiro atoms. The van der Waals surface area contributed by atoms with Crippen LogP contribution in [0.1, 0.15) is 52.0 Å². The zero-order chi connectivity index (χ0) is 29.4. The van der Waals surface area contributed by atoms with Crippen LogP contribution in [0.2, 0.25) is 0 Å². The first-order chi connectivity index (χ1) is 20.4. The lowest BCUT2D eigenvalue weighted by Crippen LogP contribution is -2.50. The molecule has 1 saturated carbocycles. The van der Waals surface area contributed by atoms with Crippen molar-refractivity contribution in [3.05, 3.63) is 114 Å². The van der Waals surface area contributed by atoms with Crippen LogP contribution in [-0.4, -0.2) is 40.0 Å². The van der Waals surface area contributed by atoms with Crippen molar-refractivity contribution >= 4 is 23.5 Å². The lowest BCUT2D eigenvalue weighted by molar-refractivity contribution is -0.115. The summed E-state index contributed by atoms with van der Waals surface area (Å²) in [6.45, 7) is 0.379. The number of amides is 2. The van der Waals surface area contributed by atoms with Crippen LogP contribution in [-0.2, 0) is 11.2 Å². The summed E-state index contributed by atoms with van der Waals surface area (Å²) in [4.78, 5) is 40.9. The first-order valence-corrected chi connectivity index (χ1v) is 13.7.